The molecule has 0 atom stereocenters. The Bertz CT molecular complexity index is 645. The number of aliphatic hydroxyl groups is 1. The van der Waals surface area contributed by atoms with Gasteiger partial charge in [-0.05, 0) is 25.1 Å². The molecule has 2 aromatic rings. The van der Waals surface area contributed by atoms with Crippen LogP contribution in [0.1, 0.15) is 17.3 Å². The van der Waals surface area contributed by atoms with Gasteiger partial charge in [0.25, 0.3) is 5.91 Å². The standard InChI is InChI=1S/C14H15ClFN3O2/c1-2-19(5-6-20)14(21)10-8-17-18-13(10)9-3-4-12(16)11(15)7-9/h3-4,7-8,20H,2,5-6H2,1H3,(H,17,18). The van der Waals surface area contributed by atoms with Crippen LogP contribution in [0.15, 0.2) is 24.4 Å². The lowest BCUT2D eigenvalue weighted by molar-refractivity contribution is 0.0733. The number of likely N-dealkylation sites (N-methyl/N-ethyl adjacent to an activating group) is 1. The Morgan fingerprint density at radius 1 is 1.52 bits per heavy atom. The summed E-state index contributed by atoms with van der Waals surface area (Å²) < 4.78 is 13.2. The molecule has 1 aromatic carbocycles. The first-order valence-corrected chi connectivity index (χ1v) is 6.85. The Morgan fingerprint density at radius 3 is 2.90 bits per heavy atom. The molecule has 1 heterocycles. The van der Waals surface area contributed by atoms with Gasteiger partial charge in [0.15, 0.2) is 0 Å². The molecule has 21 heavy (non-hydrogen) atoms. The number of halogens is 2. The zero-order valence-electron chi connectivity index (χ0n) is 11.4. The van der Waals surface area contributed by atoms with Crippen molar-refractivity contribution >= 4 is 17.5 Å². The van der Waals surface area contributed by atoms with E-state index in [4.69, 9.17) is 16.7 Å². The molecular formula is C14H15ClFN3O2. The Morgan fingerprint density at radius 2 is 2.29 bits per heavy atom. The summed E-state index contributed by atoms with van der Waals surface area (Å²) >= 11 is 5.76. The predicted molar refractivity (Wildman–Crippen MR) is 77.7 cm³/mol. The lowest BCUT2D eigenvalue weighted by Gasteiger charge is -2.19. The van der Waals surface area contributed by atoms with Gasteiger partial charge in [0.05, 0.1) is 29.1 Å². The summed E-state index contributed by atoms with van der Waals surface area (Å²) in [5.74, 6) is -0.779. The van der Waals surface area contributed by atoms with E-state index in [2.05, 4.69) is 10.2 Å². The van der Waals surface area contributed by atoms with Crippen LogP contribution in [-0.4, -0.2) is 45.8 Å². The van der Waals surface area contributed by atoms with Gasteiger partial charge >= 0.3 is 0 Å². The smallest absolute Gasteiger partial charge is 0.257 e. The normalized spacial score (nSPS) is 10.7. The van der Waals surface area contributed by atoms with Crippen LogP contribution in [0.3, 0.4) is 0 Å². The largest absolute Gasteiger partial charge is 0.395 e. The number of nitrogens with one attached hydrogen (secondary N) is 1. The van der Waals surface area contributed by atoms with Crippen molar-refractivity contribution in [1.82, 2.24) is 15.1 Å². The van der Waals surface area contributed by atoms with Gasteiger partial charge in [-0.25, -0.2) is 4.39 Å². The number of carbonyl (C=O) groups excluding carboxylic acids is 1. The minimum atomic E-state index is -0.525. The van der Waals surface area contributed by atoms with E-state index in [0.717, 1.165) is 0 Å². The highest BCUT2D eigenvalue weighted by Crippen LogP contribution is 2.26. The van der Waals surface area contributed by atoms with Crippen molar-refractivity contribution in [2.45, 2.75) is 6.92 Å². The van der Waals surface area contributed by atoms with Crippen LogP contribution in [0.5, 0.6) is 0 Å². The molecule has 2 rings (SSSR count). The van der Waals surface area contributed by atoms with E-state index in [1.54, 1.807) is 0 Å². The maximum absolute atomic E-state index is 13.2. The van der Waals surface area contributed by atoms with E-state index < -0.39 is 5.82 Å². The molecule has 0 aliphatic rings. The molecule has 1 aromatic heterocycles. The minimum absolute atomic E-state index is 0.0248. The zero-order valence-corrected chi connectivity index (χ0v) is 12.2. The van der Waals surface area contributed by atoms with Gasteiger partial charge in [0, 0.05) is 18.7 Å². The summed E-state index contributed by atoms with van der Waals surface area (Å²) in [5, 5.41) is 15.6. The number of hydrogen-bond acceptors (Lipinski definition) is 3. The van der Waals surface area contributed by atoms with Crippen LogP contribution in [0.4, 0.5) is 4.39 Å². The lowest BCUT2D eigenvalue weighted by atomic mass is 10.1. The number of hydrogen-bond donors (Lipinski definition) is 2. The van der Waals surface area contributed by atoms with Crippen molar-refractivity contribution in [3.05, 3.63) is 40.8 Å². The Kier molecular flexibility index (Phi) is 4.93. The lowest BCUT2D eigenvalue weighted by Crippen LogP contribution is -2.33. The van der Waals surface area contributed by atoms with Crippen LogP contribution in [0.25, 0.3) is 11.3 Å². The van der Waals surface area contributed by atoms with Crippen LogP contribution in [0, 0.1) is 5.82 Å². The SMILES string of the molecule is CCN(CCO)C(=O)c1cn[nH]c1-c1ccc(F)c(Cl)c1. The van der Waals surface area contributed by atoms with Crippen molar-refractivity contribution in [2.75, 3.05) is 19.7 Å². The van der Waals surface area contributed by atoms with E-state index in [-0.39, 0.29) is 24.1 Å². The fourth-order valence-corrected chi connectivity index (χ4v) is 2.19. The first-order chi connectivity index (χ1) is 10.1. The minimum Gasteiger partial charge on any atom is -0.395 e. The number of amides is 1. The van der Waals surface area contributed by atoms with E-state index >= 15 is 0 Å². The van der Waals surface area contributed by atoms with Gasteiger partial charge in [-0.3, -0.25) is 9.89 Å². The van der Waals surface area contributed by atoms with E-state index in [0.29, 0.717) is 23.4 Å². The van der Waals surface area contributed by atoms with Gasteiger partial charge in [-0.2, -0.15) is 5.10 Å². The molecule has 0 aliphatic carbocycles. The molecule has 0 bridgehead atoms. The van der Waals surface area contributed by atoms with E-state index in [9.17, 15) is 9.18 Å². The van der Waals surface area contributed by atoms with Crippen molar-refractivity contribution in [1.29, 1.82) is 0 Å². The summed E-state index contributed by atoms with van der Waals surface area (Å²) in [6.45, 7) is 2.41. The highest BCUT2D eigenvalue weighted by atomic mass is 35.5. The van der Waals surface area contributed by atoms with Gasteiger partial charge in [-0.15, -0.1) is 0 Å². The second-order valence-corrected chi connectivity index (χ2v) is 4.80. The molecule has 0 spiro atoms. The molecule has 0 aliphatic heterocycles. The third-order valence-electron chi connectivity index (χ3n) is 3.12. The first kappa shape index (κ1) is 15.5. The Hall–Kier alpha value is -1.92. The molecule has 0 unspecified atom stereocenters. The summed E-state index contributed by atoms with van der Waals surface area (Å²) in [5.41, 5.74) is 1.40. The van der Waals surface area contributed by atoms with Crippen LogP contribution >= 0.6 is 11.6 Å². The fraction of sp³-hybridized carbons (Fsp3) is 0.286. The third kappa shape index (κ3) is 3.22. The van der Waals surface area contributed by atoms with E-state index in [1.165, 1.54) is 29.3 Å². The van der Waals surface area contributed by atoms with Crippen LogP contribution in [0.2, 0.25) is 5.02 Å². The number of nitrogens with zero attached hydrogens (tertiary/aromatic N) is 2. The number of carbonyl (C=O) groups is 1. The molecule has 0 fully saturated rings. The first-order valence-electron chi connectivity index (χ1n) is 6.47. The van der Waals surface area contributed by atoms with Gasteiger partial charge in [-0.1, -0.05) is 11.6 Å². The topological polar surface area (TPSA) is 69.2 Å². The highest BCUT2D eigenvalue weighted by molar-refractivity contribution is 6.31. The Labute approximate surface area is 126 Å². The average molecular weight is 312 g/mol. The molecule has 0 saturated carbocycles. The molecule has 7 heteroatoms. The van der Waals surface area contributed by atoms with Crippen molar-refractivity contribution in [3.63, 3.8) is 0 Å². The van der Waals surface area contributed by atoms with Crippen molar-refractivity contribution in [2.24, 2.45) is 0 Å². The van der Waals surface area contributed by atoms with Gasteiger partial charge in [0.1, 0.15) is 5.82 Å². The molecule has 0 saturated heterocycles. The van der Waals surface area contributed by atoms with Gasteiger partial charge < -0.3 is 10.0 Å². The quantitative estimate of drug-likeness (QED) is 0.890. The molecule has 1 amide bonds. The summed E-state index contributed by atoms with van der Waals surface area (Å²) in [7, 11) is 0. The maximum atomic E-state index is 13.2. The summed E-state index contributed by atoms with van der Waals surface area (Å²) in [6, 6.07) is 4.19. The van der Waals surface area contributed by atoms with Crippen molar-refractivity contribution < 1.29 is 14.3 Å². The summed E-state index contributed by atoms with van der Waals surface area (Å²) in [6.07, 6.45) is 1.41. The number of aliphatic hydroxyl groups excluding tert-OH is 1. The number of aromatic amines is 1. The predicted octanol–water partition coefficient (Wildman–Crippen LogP) is 2.32. The number of benzene rings is 1. The van der Waals surface area contributed by atoms with Crippen LogP contribution in [-0.2, 0) is 0 Å². The molecule has 112 valence electrons. The Balaban J connectivity index is 2.37. The second kappa shape index (κ2) is 6.69. The third-order valence-corrected chi connectivity index (χ3v) is 3.41. The number of aromatic nitrogens is 2. The molecule has 2 N–H and O–H groups in total. The zero-order chi connectivity index (χ0) is 15.4. The second-order valence-electron chi connectivity index (χ2n) is 4.40. The average Bonchev–Trinajstić information content (AvgIpc) is 2.96. The van der Waals surface area contributed by atoms with Gasteiger partial charge in [0.2, 0.25) is 0 Å². The van der Waals surface area contributed by atoms with Crippen molar-refractivity contribution in [3.8, 4) is 11.3 Å². The van der Waals surface area contributed by atoms with E-state index in [1.807, 2.05) is 6.92 Å². The number of H-pyrrole nitrogens is 1. The fourth-order valence-electron chi connectivity index (χ4n) is 2.01. The highest BCUT2D eigenvalue weighted by Gasteiger charge is 2.20. The summed E-state index contributed by atoms with van der Waals surface area (Å²) in [4.78, 5) is 13.9. The van der Waals surface area contributed by atoms with Crippen LogP contribution < -0.4 is 0 Å². The molecule has 0 radical (unpaired) electrons. The molecular weight excluding hydrogens is 297 g/mol. The molecule has 5 nitrogen and oxygen atoms in total. The maximum Gasteiger partial charge on any atom is 0.257 e. The number of rotatable bonds is 5. The monoisotopic (exact) mass is 311 g/mol.